The number of fused-ring (bicyclic) bond motifs is 1. The van der Waals surface area contributed by atoms with E-state index in [1.165, 1.54) is 39.4 Å². The molecule has 1 aliphatic heterocycles. The monoisotopic (exact) mass is 392 g/mol. The molecule has 2 aromatic carbocycles. The Kier molecular flexibility index (Phi) is 5.24. The zero-order valence-electron chi connectivity index (χ0n) is 15.2. The van der Waals surface area contributed by atoms with Gasteiger partial charge in [0.05, 0.1) is 7.11 Å². The third kappa shape index (κ3) is 3.83. The van der Waals surface area contributed by atoms with Crippen molar-refractivity contribution in [1.82, 2.24) is 4.31 Å². The van der Waals surface area contributed by atoms with Crippen molar-refractivity contribution in [3.05, 3.63) is 42.0 Å². The van der Waals surface area contributed by atoms with Gasteiger partial charge in [-0.05, 0) is 30.3 Å². The van der Waals surface area contributed by atoms with Crippen molar-refractivity contribution in [3.63, 3.8) is 0 Å². The lowest BCUT2D eigenvalue weighted by atomic mass is 10.2. The minimum Gasteiger partial charge on any atom is -0.495 e. The lowest BCUT2D eigenvalue weighted by molar-refractivity contribution is 0.102. The highest BCUT2D eigenvalue weighted by Crippen LogP contribution is 2.33. The molecule has 0 saturated carbocycles. The largest absolute Gasteiger partial charge is 0.495 e. The summed E-state index contributed by atoms with van der Waals surface area (Å²) >= 11 is 0. The molecular formula is C18H20N2O6S. The Morgan fingerprint density at radius 2 is 1.78 bits per heavy atom. The predicted octanol–water partition coefficient (Wildman–Crippen LogP) is 1.97. The van der Waals surface area contributed by atoms with Crippen molar-refractivity contribution >= 4 is 21.6 Å². The van der Waals surface area contributed by atoms with Gasteiger partial charge >= 0.3 is 0 Å². The van der Waals surface area contributed by atoms with Crippen LogP contribution in [0.3, 0.4) is 0 Å². The number of nitrogens with one attached hydrogen (secondary N) is 1. The summed E-state index contributed by atoms with van der Waals surface area (Å²) in [4.78, 5) is 12.5. The molecule has 1 amide bonds. The van der Waals surface area contributed by atoms with Gasteiger partial charge in [-0.15, -0.1) is 0 Å². The average Bonchev–Trinajstić information content (AvgIpc) is 2.67. The van der Waals surface area contributed by atoms with Crippen molar-refractivity contribution in [1.29, 1.82) is 0 Å². The number of carbonyl (C=O) groups excluding carboxylic acids is 1. The second-order valence-corrected chi connectivity index (χ2v) is 8.09. The second kappa shape index (κ2) is 7.45. The van der Waals surface area contributed by atoms with Crippen LogP contribution in [0.1, 0.15) is 10.4 Å². The summed E-state index contributed by atoms with van der Waals surface area (Å²) in [6, 6.07) is 9.30. The Morgan fingerprint density at radius 3 is 2.44 bits per heavy atom. The topological polar surface area (TPSA) is 94.2 Å². The number of rotatable bonds is 5. The van der Waals surface area contributed by atoms with Crippen LogP contribution in [0.2, 0.25) is 0 Å². The Labute approximate surface area is 157 Å². The number of methoxy groups -OCH3 is 1. The Bertz CT molecular complexity index is 972. The number of anilines is 1. The van der Waals surface area contributed by atoms with Crippen molar-refractivity contribution in [3.8, 4) is 17.2 Å². The first-order valence-corrected chi connectivity index (χ1v) is 9.58. The van der Waals surface area contributed by atoms with E-state index in [1.807, 2.05) is 0 Å². The summed E-state index contributed by atoms with van der Waals surface area (Å²) in [7, 11) is 0.432. The van der Waals surface area contributed by atoms with Crippen LogP contribution in [0.5, 0.6) is 17.2 Å². The predicted molar refractivity (Wildman–Crippen MR) is 99.3 cm³/mol. The highest BCUT2D eigenvalue weighted by atomic mass is 32.2. The van der Waals surface area contributed by atoms with Crippen molar-refractivity contribution in [2.75, 3.05) is 39.7 Å². The fourth-order valence-corrected chi connectivity index (χ4v) is 3.62. The molecule has 0 aliphatic carbocycles. The number of hydrogen-bond donors (Lipinski definition) is 1. The zero-order valence-corrected chi connectivity index (χ0v) is 16.0. The highest BCUT2D eigenvalue weighted by Gasteiger charge is 2.24. The molecular weight excluding hydrogens is 372 g/mol. The number of amides is 1. The first-order chi connectivity index (χ1) is 12.8. The summed E-state index contributed by atoms with van der Waals surface area (Å²) in [6.45, 7) is 0.919. The molecule has 1 heterocycles. The van der Waals surface area contributed by atoms with Crippen LogP contribution in [-0.2, 0) is 10.0 Å². The molecule has 2 aromatic rings. The van der Waals surface area contributed by atoms with Crippen LogP contribution in [0.4, 0.5) is 5.69 Å². The quantitative estimate of drug-likeness (QED) is 0.836. The molecule has 0 bridgehead atoms. The van der Waals surface area contributed by atoms with Crippen molar-refractivity contribution in [2.45, 2.75) is 4.90 Å². The maximum atomic E-state index is 12.6. The van der Waals surface area contributed by atoms with Crippen molar-refractivity contribution < 1.29 is 27.4 Å². The van der Waals surface area contributed by atoms with Gasteiger partial charge in [0.2, 0.25) is 10.0 Å². The smallest absolute Gasteiger partial charge is 0.255 e. The first-order valence-electron chi connectivity index (χ1n) is 8.14. The van der Waals surface area contributed by atoms with E-state index in [4.69, 9.17) is 14.2 Å². The number of nitrogens with zero attached hydrogens (tertiary/aromatic N) is 1. The number of benzene rings is 2. The molecule has 144 valence electrons. The molecule has 9 heteroatoms. The molecule has 3 rings (SSSR count). The third-order valence-electron chi connectivity index (χ3n) is 3.98. The average molecular weight is 392 g/mol. The second-order valence-electron chi connectivity index (χ2n) is 5.97. The molecule has 0 spiro atoms. The maximum Gasteiger partial charge on any atom is 0.255 e. The highest BCUT2D eigenvalue weighted by molar-refractivity contribution is 7.89. The molecule has 1 N–H and O–H groups in total. The lowest BCUT2D eigenvalue weighted by Crippen LogP contribution is -2.23. The van der Waals surface area contributed by atoms with Gasteiger partial charge in [-0.25, -0.2) is 12.7 Å². The van der Waals surface area contributed by atoms with E-state index in [1.54, 1.807) is 18.2 Å². The molecule has 27 heavy (non-hydrogen) atoms. The molecule has 8 nitrogen and oxygen atoms in total. The molecule has 1 aliphatic rings. The molecule has 0 radical (unpaired) electrons. The van der Waals surface area contributed by atoms with Gasteiger partial charge in [0.1, 0.15) is 23.9 Å². The van der Waals surface area contributed by atoms with Gasteiger partial charge in [0, 0.05) is 31.4 Å². The molecule has 0 atom stereocenters. The maximum absolute atomic E-state index is 12.6. The molecule has 0 saturated heterocycles. The SMILES string of the molecule is COc1ccc(C(=O)Nc2ccc3c(c2)OCCO3)cc1S(=O)(=O)N(C)C. The Balaban J connectivity index is 1.89. The summed E-state index contributed by atoms with van der Waals surface area (Å²) in [5.74, 6) is 0.872. The van der Waals surface area contributed by atoms with Gasteiger partial charge in [-0.2, -0.15) is 0 Å². The van der Waals surface area contributed by atoms with Gasteiger partial charge in [0.25, 0.3) is 5.91 Å². The van der Waals surface area contributed by atoms with Gasteiger partial charge in [-0.1, -0.05) is 0 Å². The fraction of sp³-hybridized carbons (Fsp3) is 0.278. The van der Waals surface area contributed by atoms with Crippen LogP contribution < -0.4 is 19.5 Å². The standard InChI is InChI=1S/C18H20N2O6S/c1-20(2)27(22,23)17-10-12(4-6-15(17)24-3)18(21)19-13-5-7-14-16(11-13)26-9-8-25-14/h4-7,10-11H,8-9H2,1-3H3,(H,19,21). The van der Waals surface area contributed by atoms with Gasteiger partial charge in [0.15, 0.2) is 11.5 Å². The summed E-state index contributed by atoms with van der Waals surface area (Å²) in [6.07, 6.45) is 0. The van der Waals surface area contributed by atoms with E-state index >= 15 is 0 Å². The molecule has 0 unspecified atom stereocenters. The summed E-state index contributed by atoms with van der Waals surface area (Å²) in [5, 5.41) is 2.73. The zero-order chi connectivity index (χ0) is 19.6. The number of hydrogen-bond acceptors (Lipinski definition) is 6. The first kappa shape index (κ1) is 19.0. The molecule has 0 aromatic heterocycles. The van der Waals surface area contributed by atoms with E-state index in [0.29, 0.717) is 30.4 Å². The fourth-order valence-electron chi connectivity index (χ4n) is 2.54. The van der Waals surface area contributed by atoms with Crippen LogP contribution in [0, 0.1) is 0 Å². The Morgan fingerprint density at radius 1 is 1.07 bits per heavy atom. The lowest BCUT2D eigenvalue weighted by Gasteiger charge is -2.19. The van der Waals surface area contributed by atoms with E-state index in [9.17, 15) is 13.2 Å². The molecule has 0 fully saturated rings. The van der Waals surface area contributed by atoms with E-state index in [0.717, 1.165) is 4.31 Å². The Hall–Kier alpha value is -2.78. The summed E-state index contributed by atoms with van der Waals surface area (Å²) < 4.78 is 42.1. The van der Waals surface area contributed by atoms with E-state index < -0.39 is 15.9 Å². The summed E-state index contributed by atoms with van der Waals surface area (Å²) in [5.41, 5.74) is 0.697. The number of ether oxygens (including phenoxy) is 3. The normalized spacial score (nSPS) is 13.3. The minimum absolute atomic E-state index is 0.0789. The van der Waals surface area contributed by atoms with E-state index in [-0.39, 0.29) is 16.2 Å². The van der Waals surface area contributed by atoms with Crippen LogP contribution in [0.15, 0.2) is 41.3 Å². The number of carbonyl (C=O) groups is 1. The van der Waals surface area contributed by atoms with Gasteiger partial charge < -0.3 is 19.5 Å². The van der Waals surface area contributed by atoms with Crippen LogP contribution in [0.25, 0.3) is 0 Å². The van der Waals surface area contributed by atoms with Crippen LogP contribution in [-0.4, -0.2) is 53.0 Å². The minimum atomic E-state index is -3.77. The number of sulfonamides is 1. The van der Waals surface area contributed by atoms with Gasteiger partial charge in [-0.3, -0.25) is 4.79 Å². The third-order valence-corrected chi connectivity index (χ3v) is 5.82. The van der Waals surface area contributed by atoms with Crippen molar-refractivity contribution in [2.24, 2.45) is 0 Å². The van der Waals surface area contributed by atoms with Crippen LogP contribution >= 0.6 is 0 Å². The van der Waals surface area contributed by atoms with E-state index in [2.05, 4.69) is 5.32 Å².